The third-order valence-corrected chi connectivity index (χ3v) is 3.58. The van der Waals surface area contributed by atoms with E-state index >= 15 is 0 Å². The van der Waals surface area contributed by atoms with Gasteiger partial charge in [0.25, 0.3) is 0 Å². The number of rotatable bonds is 5. The van der Waals surface area contributed by atoms with Crippen molar-refractivity contribution in [1.29, 1.82) is 0 Å². The van der Waals surface area contributed by atoms with Crippen LogP contribution in [0.25, 0.3) is 0 Å². The molecule has 7 nitrogen and oxygen atoms in total. The molecule has 0 aromatic heterocycles. The first-order chi connectivity index (χ1) is 11.1. The molecule has 1 unspecified atom stereocenters. The fraction of sp³-hybridized carbons (Fsp3) is 0.400. The number of hydrogen-bond donors (Lipinski definition) is 3. The van der Waals surface area contributed by atoms with Crippen LogP contribution in [-0.2, 0) is 0 Å². The zero-order valence-corrected chi connectivity index (χ0v) is 14.2. The Morgan fingerprint density at radius 1 is 1.52 bits per heavy atom. The predicted molar refractivity (Wildman–Crippen MR) is 95.8 cm³/mol. The topological polar surface area (TPSA) is 72.3 Å². The average molecular weight is 334 g/mol. The van der Waals surface area contributed by atoms with Crippen molar-refractivity contribution >= 4 is 31.0 Å². The number of aliphatic imine (C=N–C) groups is 1. The Labute approximate surface area is 142 Å². The van der Waals surface area contributed by atoms with Crippen molar-refractivity contribution in [2.24, 2.45) is 10.1 Å². The van der Waals surface area contributed by atoms with E-state index in [1.807, 2.05) is 48.5 Å². The molecule has 2 rings (SSSR count). The number of carbonyl (C=O) groups is 1. The van der Waals surface area contributed by atoms with E-state index in [2.05, 4.69) is 33.5 Å². The predicted octanol–water partition coefficient (Wildman–Crippen LogP) is 1.16. The van der Waals surface area contributed by atoms with Crippen molar-refractivity contribution in [2.75, 3.05) is 26.7 Å². The van der Waals surface area contributed by atoms with Gasteiger partial charge >= 0.3 is 6.03 Å². The van der Waals surface area contributed by atoms with E-state index in [-0.39, 0.29) is 12.1 Å². The summed E-state index contributed by atoms with van der Waals surface area (Å²) in [5.41, 5.74) is 1.04. The van der Waals surface area contributed by atoms with Gasteiger partial charge in [0.15, 0.2) is 0 Å². The third-order valence-electron chi connectivity index (χ3n) is 3.23. The van der Waals surface area contributed by atoms with Gasteiger partial charge in [-0.1, -0.05) is 43.1 Å². The van der Waals surface area contributed by atoms with E-state index in [9.17, 15) is 4.79 Å². The average Bonchev–Trinajstić information content (AvgIpc) is 2.99. The van der Waals surface area contributed by atoms with Gasteiger partial charge in [-0.25, -0.2) is 14.8 Å². The Bertz CT molecular complexity index is 577. The van der Waals surface area contributed by atoms with Crippen LogP contribution >= 0.6 is 12.8 Å². The summed E-state index contributed by atoms with van der Waals surface area (Å²) in [6.07, 6.45) is 1.81. The van der Waals surface area contributed by atoms with Gasteiger partial charge in [-0.15, -0.1) is 0 Å². The van der Waals surface area contributed by atoms with Crippen LogP contribution in [0.5, 0.6) is 0 Å². The lowest BCUT2D eigenvalue weighted by molar-refractivity contribution is 0.226. The zero-order valence-electron chi connectivity index (χ0n) is 13.3. The minimum absolute atomic E-state index is 0.00363. The van der Waals surface area contributed by atoms with Gasteiger partial charge in [0, 0.05) is 13.1 Å². The summed E-state index contributed by atoms with van der Waals surface area (Å²) in [6.45, 7) is 3.84. The second kappa shape index (κ2) is 8.42. The number of benzene rings is 1. The lowest BCUT2D eigenvalue weighted by Gasteiger charge is -2.23. The minimum atomic E-state index is -0.241. The summed E-state index contributed by atoms with van der Waals surface area (Å²) in [5, 5.41) is 12.1. The van der Waals surface area contributed by atoms with Crippen molar-refractivity contribution in [3.63, 3.8) is 0 Å². The van der Waals surface area contributed by atoms with Gasteiger partial charge in [0.05, 0.1) is 25.8 Å². The van der Waals surface area contributed by atoms with Crippen LogP contribution in [-0.4, -0.2) is 60.2 Å². The summed E-state index contributed by atoms with van der Waals surface area (Å²) >= 11 is 4.15. The summed E-state index contributed by atoms with van der Waals surface area (Å²) in [5.74, 6) is 0.711. The van der Waals surface area contributed by atoms with Gasteiger partial charge in [-0.2, -0.15) is 5.10 Å². The molecular weight excluding hydrogens is 312 g/mol. The molecule has 1 aromatic carbocycles. The molecule has 1 atom stereocenters. The molecule has 0 spiro atoms. The highest BCUT2D eigenvalue weighted by Gasteiger charge is 2.19. The van der Waals surface area contributed by atoms with Gasteiger partial charge in [-0.05, 0) is 12.5 Å². The van der Waals surface area contributed by atoms with E-state index in [1.54, 1.807) is 7.05 Å². The quantitative estimate of drug-likeness (QED) is 0.559. The van der Waals surface area contributed by atoms with Crippen LogP contribution in [0, 0.1) is 0 Å². The van der Waals surface area contributed by atoms with Crippen LogP contribution in [0.15, 0.2) is 40.4 Å². The fourth-order valence-electron chi connectivity index (χ4n) is 2.08. The SMILES string of the molecule is CNC(=O)N(S)CC(C)NC1=NCCN1N=Cc1ccccc1. The summed E-state index contributed by atoms with van der Waals surface area (Å²) in [4.78, 5) is 15.9. The molecule has 124 valence electrons. The Kier molecular flexibility index (Phi) is 6.28. The molecule has 0 bridgehead atoms. The molecule has 1 aromatic rings. The number of guanidine groups is 1. The van der Waals surface area contributed by atoms with Crippen molar-refractivity contribution < 1.29 is 4.79 Å². The van der Waals surface area contributed by atoms with Gasteiger partial charge < -0.3 is 10.6 Å². The van der Waals surface area contributed by atoms with Crippen LogP contribution in [0.1, 0.15) is 12.5 Å². The number of nitrogens with one attached hydrogen (secondary N) is 2. The molecule has 23 heavy (non-hydrogen) atoms. The molecule has 1 aliphatic rings. The first kappa shape index (κ1) is 17.1. The largest absolute Gasteiger partial charge is 0.350 e. The highest BCUT2D eigenvalue weighted by molar-refractivity contribution is 7.78. The molecule has 1 aliphatic heterocycles. The first-order valence-electron chi connectivity index (χ1n) is 7.46. The number of urea groups is 1. The molecule has 1 heterocycles. The molecule has 2 N–H and O–H groups in total. The normalized spacial score (nSPS) is 15.4. The van der Waals surface area contributed by atoms with E-state index in [4.69, 9.17) is 0 Å². The maximum Gasteiger partial charge on any atom is 0.327 e. The van der Waals surface area contributed by atoms with Crippen LogP contribution < -0.4 is 10.6 Å². The zero-order chi connectivity index (χ0) is 16.7. The fourth-order valence-corrected chi connectivity index (χ4v) is 2.43. The van der Waals surface area contributed by atoms with E-state index in [0.29, 0.717) is 19.0 Å². The van der Waals surface area contributed by atoms with Crippen molar-refractivity contribution in [2.45, 2.75) is 13.0 Å². The van der Waals surface area contributed by atoms with Gasteiger partial charge in [-0.3, -0.25) is 4.31 Å². The molecule has 0 fully saturated rings. The Morgan fingerprint density at radius 3 is 2.96 bits per heavy atom. The smallest absolute Gasteiger partial charge is 0.327 e. The van der Waals surface area contributed by atoms with Crippen molar-refractivity contribution in [3.05, 3.63) is 35.9 Å². The molecule has 0 radical (unpaired) electrons. The van der Waals surface area contributed by atoms with E-state index in [0.717, 1.165) is 12.1 Å². The minimum Gasteiger partial charge on any atom is -0.350 e. The first-order valence-corrected chi connectivity index (χ1v) is 7.86. The number of hydrazone groups is 1. The van der Waals surface area contributed by atoms with Crippen LogP contribution in [0.2, 0.25) is 0 Å². The van der Waals surface area contributed by atoms with E-state index < -0.39 is 0 Å². The maximum absolute atomic E-state index is 11.5. The third kappa shape index (κ3) is 5.17. The summed E-state index contributed by atoms with van der Waals surface area (Å²) in [7, 11) is 1.57. The summed E-state index contributed by atoms with van der Waals surface area (Å²) in [6, 6.07) is 9.66. The number of thiol groups is 1. The number of hydrogen-bond acceptors (Lipinski definition) is 6. The maximum atomic E-state index is 11.5. The highest BCUT2D eigenvalue weighted by atomic mass is 32.1. The Morgan fingerprint density at radius 2 is 2.26 bits per heavy atom. The highest BCUT2D eigenvalue weighted by Crippen LogP contribution is 2.04. The van der Waals surface area contributed by atoms with Gasteiger partial charge in [0.1, 0.15) is 0 Å². The molecule has 0 saturated heterocycles. The second-order valence-electron chi connectivity index (χ2n) is 5.17. The Hall–Kier alpha value is -2.22. The second-order valence-corrected chi connectivity index (χ2v) is 5.65. The molecule has 0 saturated carbocycles. The monoisotopic (exact) mass is 334 g/mol. The molecule has 8 heteroatoms. The summed E-state index contributed by atoms with van der Waals surface area (Å²) < 4.78 is 1.32. The van der Waals surface area contributed by atoms with Crippen LogP contribution in [0.4, 0.5) is 4.79 Å². The number of nitrogens with zero attached hydrogens (tertiary/aromatic N) is 4. The van der Waals surface area contributed by atoms with Gasteiger partial charge in [0.2, 0.25) is 5.96 Å². The number of amides is 2. The molecule has 2 amide bonds. The lowest BCUT2D eigenvalue weighted by Crippen LogP contribution is -2.46. The van der Waals surface area contributed by atoms with E-state index in [1.165, 1.54) is 4.31 Å². The molecule has 0 aliphatic carbocycles. The Balaban J connectivity index is 1.89. The van der Waals surface area contributed by atoms with Crippen LogP contribution in [0.3, 0.4) is 0 Å². The molecular formula is C15H22N6OS. The lowest BCUT2D eigenvalue weighted by atomic mass is 10.2. The van der Waals surface area contributed by atoms with Crippen molar-refractivity contribution in [3.8, 4) is 0 Å². The number of carbonyl (C=O) groups excluding carboxylic acids is 1. The van der Waals surface area contributed by atoms with Crippen molar-refractivity contribution in [1.82, 2.24) is 19.9 Å². The standard InChI is InChI=1S/C15H22N6OS/c1-12(11-21(23)15(22)16-2)19-14-17-8-9-20(14)18-10-13-6-4-3-5-7-13/h3-7,10,12,23H,8-9,11H2,1-2H3,(H,16,22)(H,17,19).